The van der Waals surface area contributed by atoms with Crippen LogP contribution < -0.4 is 4.74 Å². The van der Waals surface area contributed by atoms with Crippen LogP contribution >= 0.6 is 0 Å². The Morgan fingerprint density at radius 3 is 2.09 bits per heavy atom. The molecule has 0 aliphatic carbocycles. The molecule has 22 heavy (non-hydrogen) atoms. The molecule has 0 aromatic heterocycles. The number of rotatable bonds is 10. The van der Waals surface area contributed by atoms with Gasteiger partial charge < -0.3 is 19.3 Å². The van der Waals surface area contributed by atoms with E-state index in [2.05, 4.69) is 12.1 Å². The van der Waals surface area contributed by atoms with Crippen molar-refractivity contribution in [1.29, 1.82) is 0 Å². The van der Waals surface area contributed by atoms with Gasteiger partial charge in [0, 0.05) is 5.56 Å². The maximum absolute atomic E-state index is 8.57. The fraction of sp³-hybridized carbons (Fsp3) is 0.333. The van der Waals surface area contributed by atoms with Crippen molar-refractivity contribution in [3.05, 3.63) is 54.6 Å². The van der Waals surface area contributed by atoms with Gasteiger partial charge in [-0.3, -0.25) is 0 Å². The zero-order valence-corrected chi connectivity index (χ0v) is 12.6. The van der Waals surface area contributed by atoms with Crippen molar-refractivity contribution < 1.29 is 19.3 Å². The van der Waals surface area contributed by atoms with E-state index in [4.69, 9.17) is 19.3 Å². The highest BCUT2D eigenvalue weighted by Crippen LogP contribution is 2.29. The number of para-hydroxylation sites is 1. The van der Waals surface area contributed by atoms with Crippen LogP contribution in [0.1, 0.15) is 0 Å². The molecule has 0 radical (unpaired) electrons. The van der Waals surface area contributed by atoms with Crippen LogP contribution in [0.15, 0.2) is 54.6 Å². The minimum atomic E-state index is 0.0411. The summed E-state index contributed by atoms with van der Waals surface area (Å²) in [6.45, 7) is 2.38. The van der Waals surface area contributed by atoms with Gasteiger partial charge in [-0.15, -0.1) is 0 Å². The van der Waals surface area contributed by atoms with E-state index in [0.717, 1.165) is 16.9 Å². The molecular formula is C18H22O4. The third-order valence-corrected chi connectivity index (χ3v) is 3.06. The molecule has 2 rings (SSSR count). The lowest BCUT2D eigenvalue weighted by Gasteiger charge is -2.12. The first-order chi connectivity index (χ1) is 10.9. The van der Waals surface area contributed by atoms with Crippen LogP contribution in [0.4, 0.5) is 0 Å². The minimum absolute atomic E-state index is 0.0411. The van der Waals surface area contributed by atoms with Gasteiger partial charge in [0.1, 0.15) is 12.4 Å². The Kier molecular flexibility index (Phi) is 7.46. The first kappa shape index (κ1) is 16.5. The van der Waals surface area contributed by atoms with E-state index in [1.165, 1.54) is 0 Å². The molecular weight excluding hydrogens is 280 g/mol. The minimum Gasteiger partial charge on any atom is -0.491 e. The van der Waals surface area contributed by atoms with Crippen molar-refractivity contribution in [2.45, 2.75) is 0 Å². The second-order valence-corrected chi connectivity index (χ2v) is 4.66. The molecule has 0 amide bonds. The zero-order valence-electron chi connectivity index (χ0n) is 12.6. The van der Waals surface area contributed by atoms with Gasteiger partial charge in [0.25, 0.3) is 0 Å². The summed E-state index contributed by atoms with van der Waals surface area (Å²) in [6.07, 6.45) is 0. The van der Waals surface area contributed by atoms with Crippen molar-refractivity contribution in [3.8, 4) is 16.9 Å². The van der Waals surface area contributed by atoms with E-state index in [0.29, 0.717) is 33.0 Å². The summed E-state index contributed by atoms with van der Waals surface area (Å²) in [6, 6.07) is 18.1. The monoisotopic (exact) mass is 302 g/mol. The molecule has 0 unspecified atom stereocenters. The van der Waals surface area contributed by atoms with Gasteiger partial charge in [0.05, 0.1) is 33.0 Å². The Bertz CT molecular complexity index is 528. The Labute approximate surface area is 131 Å². The van der Waals surface area contributed by atoms with Crippen molar-refractivity contribution in [3.63, 3.8) is 0 Å². The van der Waals surface area contributed by atoms with Crippen molar-refractivity contribution >= 4 is 0 Å². The van der Waals surface area contributed by atoms with Crippen molar-refractivity contribution in [2.24, 2.45) is 0 Å². The highest BCUT2D eigenvalue weighted by molar-refractivity contribution is 5.70. The van der Waals surface area contributed by atoms with Crippen LogP contribution in [0.3, 0.4) is 0 Å². The van der Waals surface area contributed by atoms with Gasteiger partial charge in [0.2, 0.25) is 0 Å². The topological polar surface area (TPSA) is 47.9 Å². The van der Waals surface area contributed by atoms with Gasteiger partial charge in [-0.25, -0.2) is 0 Å². The highest BCUT2D eigenvalue weighted by atomic mass is 16.5. The molecule has 2 aromatic rings. The Balaban J connectivity index is 1.77. The van der Waals surface area contributed by atoms with Gasteiger partial charge in [-0.1, -0.05) is 48.5 Å². The summed E-state index contributed by atoms with van der Waals surface area (Å²) in [5, 5.41) is 8.57. The normalized spacial score (nSPS) is 10.6. The second kappa shape index (κ2) is 9.95. The Hall–Kier alpha value is -1.88. The quantitative estimate of drug-likeness (QED) is 0.686. The first-order valence-corrected chi connectivity index (χ1v) is 7.45. The number of aliphatic hydroxyl groups is 1. The van der Waals surface area contributed by atoms with E-state index in [9.17, 15) is 0 Å². The van der Waals surface area contributed by atoms with Crippen LogP contribution in [-0.4, -0.2) is 44.7 Å². The van der Waals surface area contributed by atoms with Crippen molar-refractivity contribution in [2.75, 3.05) is 39.6 Å². The number of hydrogen-bond donors (Lipinski definition) is 1. The predicted molar refractivity (Wildman–Crippen MR) is 86.1 cm³/mol. The summed E-state index contributed by atoms with van der Waals surface area (Å²) in [4.78, 5) is 0. The predicted octanol–water partition coefficient (Wildman–Crippen LogP) is 2.76. The number of aliphatic hydroxyl groups excluding tert-OH is 1. The lowest BCUT2D eigenvalue weighted by Crippen LogP contribution is -2.12. The smallest absolute Gasteiger partial charge is 0.127 e. The lowest BCUT2D eigenvalue weighted by atomic mass is 10.1. The van der Waals surface area contributed by atoms with E-state index >= 15 is 0 Å². The Morgan fingerprint density at radius 2 is 1.32 bits per heavy atom. The lowest BCUT2D eigenvalue weighted by molar-refractivity contribution is 0.0247. The van der Waals surface area contributed by atoms with Gasteiger partial charge in [0.15, 0.2) is 0 Å². The van der Waals surface area contributed by atoms with E-state index < -0.39 is 0 Å². The molecule has 2 aromatic carbocycles. The molecule has 0 saturated heterocycles. The SMILES string of the molecule is OCCOCCOCCOc1ccccc1-c1ccccc1. The number of hydrogen-bond acceptors (Lipinski definition) is 4. The van der Waals surface area contributed by atoms with E-state index in [1.54, 1.807) is 0 Å². The fourth-order valence-corrected chi connectivity index (χ4v) is 2.05. The maximum Gasteiger partial charge on any atom is 0.127 e. The first-order valence-electron chi connectivity index (χ1n) is 7.45. The van der Waals surface area contributed by atoms with Gasteiger partial charge >= 0.3 is 0 Å². The van der Waals surface area contributed by atoms with Crippen molar-refractivity contribution in [1.82, 2.24) is 0 Å². The van der Waals surface area contributed by atoms with Crippen LogP contribution in [0, 0.1) is 0 Å². The maximum atomic E-state index is 8.57. The second-order valence-electron chi connectivity index (χ2n) is 4.66. The summed E-state index contributed by atoms with van der Waals surface area (Å²) in [5.41, 5.74) is 2.21. The fourth-order valence-electron chi connectivity index (χ4n) is 2.05. The molecule has 4 nitrogen and oxygen atoms in total. The average Bonchev–Trinajstić information content (AvgIpc) is 2.58. The third-order valence-electron chi connectivity index (χ3n) is 3.06. The molecule has 118 valence electrons. The molecule has 0 aliphatic heterocycles. The summed E-state index contributed by atoms with van der Waals surface area (Å²) >= 11 is 0. The van der Waals surface area contributed by atoms with E-state index in [-0.39, 0.29) is 6.61 Å². The largest absolute Gasteiger partial charge is 0.491 e. The molecule has 0 fully saturated rings. The average molecular weight is 302 g/mol. The number of ether oxygens (including phenoxy) is 3. The standard InChI is InChI=1S/C18H22O4/c19-10-11-20-12-13-21-14-15-22-18-9-5-4-8-17(18)16-6-2-1-3-7-16/h1-9,19H,10-15H2. The summed E-state index contributed by atoms with van der Waals surface area (Å²) < 4.78 is 16.3. The van der Waals surface area contributed by atoms with Crippen LogP contribution in [0.2, 0.25) is 0 Å². The third kappa shape index (κ3) is 5.48. The van der Waals surface area contributed by atoms with Crippen LogP contribution in [-0.2, 0) is 9.47 Å². The van der Waals surface area contributed by atoms with Crippen LogP contribution in [0.5, 0.6) is 5.75 Å². The van der Waals surface area contributed by atoms with Crippen LogP contribution in [0.25, 0.3) is 11.1 Å². The molecule has 4 heteroatoms. The molecule has 0 spiro atoms. The Morgan fingerprint density at radius 1 is 0.682 bits per heavy atom. The molecule has 1 N–H and O–H groups in total. The molecule has 0 saturated carbocycles. The number of benzene rings is 2. The van der Waals surface area contributed by atoms with E-state index in [1.807, 2.05) is 42.5 Å². The summed E-state index contributed by atoms with van der Waals surface area (Å²) in [7, 11) is 0. The molecule has 0 aliphatic rings. The molecule has 0 heterocycles. The summed E-state index contributed by atoms with van der Waals surface area (Å²) in [5.74, 6) is 0.855. The highest BCUT2D eigenvalue weighted by Gasteiger charge is 2.04. The molecule has 0 bridgehead atoms. The van der Waals surface area contributed by atoms with Gasteiger partial charge in [-0.05, 0) is 11.6 Å². The van der Waals surface area contributed by atoms with Gasteiger partial charge in [-0.2, -0.15) is 0 Å². The zero-order chi connectivity index (χ0) is 15.5. The molecule has 0 atom stereocenters.